The third kappa shape index (κ3) is 4.07. The van der Waals surface area contributed by atoms with Crippen molar-refractivity contribution in [1.82, 2.24) is 4.90 Å². The number of nitrogens with one attached hydrogen (secondary N) is 1. The van der Waals surface area contributed by atoms with Crippen molar-refractivity contribution in [3.8, 4) is 5.75 Å². The van der Waals surface area contributed by atoms with E-state index in [9.17, 15) is 4.79 Å². The van der Waals surface area contributed by atoms with E-state index in [2.05, 4.69) is 58.7 Å². The molecule has 1 aliphatic heterocycles. The number of carbonyl (C=O) groups is 1. The summed E-state index contributed by atoms with van der Waals surface area (Å²) >= 11 is 0. The molecular weight excluding hydrogens is 348 g/mol. The Morgan fingerprint density at radius 3 is 2.46 bits per heavy atom. The molecule has 4 nitrogen and oxygen atoms in total. The number of fused-ring (bicyclic) bond motifs is 1. The lowest BCUT2D eigenvalue weighted by Gasteiger charge is -2.34. The fourth-order valence-electron chi connectivity index (χ4n) is 3.85. The highest BCUT2D eigenvalue weighted by molar-refractivity contribution is 5.92. The van der Waals surface area contributed by atoms with E-state index in [0.717, 1.165) is 24.5 Å². The Bertz CT molecular complexity index is 938. The molecule has 1 amide bonds. The maximum absolute atomic E-state index is 12.6. The first-order valence-electron chi connectivity index (χ1n) is 9.52. The van der Waals surface area contributed by atoms with Gasteiger partial charge in [-0.25, -0.2) is 0 Å². The van der Waals surface area contributed by atoms with Gasteiger partial charge >= 0.3 is 0 Å². The summed E-state index contributed by atoms with van der Waals surface area (Å²) in [6.07, 6.45) is 0. The zero-order valence-electron chi connectivity index (χ0n) is 16.0. The molecule has 0 aliphatic carbocycles. The summed E-state index contributed by atoms with van der Waals surface area (Å²) in [7, 11) is 1.63. The van der Waals surface area contributed by atoms with Gasteiger partial charge in [0.25, 0.3) is 0 Å². The van der Waals surface area contributed by atoms with Crippen molar-refractivity contribution in [3.05, 3.63) is 95.6 Å². The molecule has 0 aromatic heterocycles. The Morgan fingerprint density at radius 2 is 1.71 bits per heavy atom. The van der Waals surface area contributed by atoms with E-state index < -0.39 is 0 Å². The van der Waals surface area contributed by atoms with Crippen LogP contribution in [0.4, 0.5) is 5.69 Å². The second kappa shape index (κ2) is 8.28. The molecule has 1 N–H and O–H groups in total. The topological polar surface area (TPSA) is 41.6 Å². The molecule has 28 heavy (non-hydrogen) atoms. The van der Waals surface area contributed by atoms with Crippen LogP contribution < -0.4 is 10.1 Å². The Hall–Kier alpha value is -3.11. The van der Waals surface area contributed by atoms with Gasteiger partial charge in [-0.15, -0.1) is 0 Å². The lowest BCUT2D eigenvalue weighted by Crippen LogP contribution is -2.39. The Morgan fingerprint density at radius 1 is 1.00 bits per heavy atom. The maximum Gasteiger partial charge on any atom is 0.238 e. The molecule has 0 saturated heterocycles. The van der Waals surface area contributed by atoms with Gasteiger partial charge in [-0.1, -0.05) is 54.6 Å². The number of methoxy groups -OCH3 is 1. The predicted molar refractivity (Wildman–Crippen MR) is 112 cm³/mol. The molecule has 0 fully saturated rings. The van der Waals surface area contributed by atoms with E-state index >= 15 is 0 Å². The third-order valence-electron chi connectivity index (χ3n) is 5.21. The number of carbonyl (C=O) groups excluding carboxylic acids is 1. The minimum atomic E-state index is -0.00337. The summed E-state index contributed by atoms with van der Waals surface area (Å²) in [6, 6.07) is 26.5. The minimum Gasteiger partial charge on any atom is -0.497 e. The van der Waals surface area contributed by atoms with E-state index in [1.165, 1.54) is 16.7 Å². The summed E-state index contributed by atoms with van der Waals surface area (Å²) < 4.78 is 5.16. The number of anilines is 1. The van der Waals surface area contributed by atoms with Crippen LogP contribution in [0.15, 0.2) is 78.9 Å². The van der Waals surface area contributed by atoms with Crippen LogP contribution in [-0.2, 0) is 11.3 Å². The third-order valence-corrected chi connectivity index (χ3v) is 5.21. The molecule has 0 radical (unpaired) electrons. The zero-order valence-corrected chi connectivity index (χ0v) is 16.0. The van der Waals surface area contributed by atoms with Gasteiger partial charge in [0.1, 0.15) is 5.75 Å². The van der Waals surface area contributed by atoms with Crippen molar-refractivity contribution in [2.45, 2.75) is 12.5 Å². The molecule has 4 rings (SSSR count). The van der Waals surface area contributed by atoms with Gasteiger partial charge in [-0.3, -0.25) is 9.69 Å². The van der Waals surface area contributed by atoms with Crippen LogP contribution in [0.1, 0.15) is 22.6 Å². The molecule has 142 valence electrons. The van der Waals surface area contributed by atoms with Crippen LogP contribution >= 0.6 is 0 Å². The van der Waals surface area contributed by atoms with Crippen molar-refractivity contribution in [2.75, 3.05) is 25.5 Å². The first kappa shape index (κ1) is 18.3. The van der Waals surface area contributed by atoms with E-state index in [4.69, 9.17) is 4.74 Å². The van der Waals surface area contributed by atoms with Crippen LogP contribution in [0.3, 0.4) is 0 Å². The van der Waals surface area contributed by atoms with Crippen molar-refractivity contribution < 1.29 is 9.53 Å². The standard InChI is InChI=1S/C24H24N2O2/c1-28-21-13-11-20(12-14-21)25-24(27)17-26-15-19-9-5-6-10-22(19)23(16-26)18-7-3-2-4-8-18/h2-14,23H,15-17H2,1H3,(H,25,27). The van der Waals surface area contributed by atoms with Gasteiger partial charge in [-0.2, -0.15) is 0 Å². The van der Waals surface area contributed by atoms with Gasteiger partial charge in [0.05, 0.1) is 13.7 Å². The number of hydrogen-bond acceptors (Lipinski definition) is 3. The van der Waals surface area contributed by atoms with Gasteiger partial charge in [-0.05, 0) is 41.0 Å². The molecule has 0 saturated carbocycles. The molecule has 4 heteroatoms. The summed E-state index contributed by atoms with van der Waals surface area (Å²) in [5.41, 5.74) is 4.72. The maximum atomic E-state index is 12.6. The highest BCUT2D eigenvalue weighted by atomic mass is 16.5. The zero-order chi connectivity index (χ0) is 19.3. The molecule has 3 aromatic rings. The summed E-state index contributed by atoms with van der Waals surface area (Å²) in [5, 5.41) is 2.98. The van der Waals surface area contributed by atoms with E-state index in [-0.39, 0.29) is 11.8 Å². The molecule has 0 spiro atoms. The Kier molecular flexibility index (Phi) is 5.40. The number of ether oxygens (including phenoxy) is 1. The molecule has 1 heterocycles. The average Bonchev–Trinajstić information content (AvgIpc) is 2.74. The van der Waals surface area contributed by atoms with Crippen LogP contribution in [0.2, 0.25) is 0 Å². The van der Waals surface area contributed by atoms with Crippen molar-refractivity contribution in [3.63, 3.8) is 0 Å². The predicted octanol–water partition coefficient (Wildman–Crippen LogP) is 4.28. The normalized spacial score (nSPS) is 16.2. The van der Waals surface area contributed by atoms with Gasteiger partial charge in [0, 0.05) is 24.7 Å². The fraction of sp³-hybridized carbons (Fsp3) is 0.208. The van der Waals surface area contributed by atoms with Gasteiger partial charge in [0.2, 0.25) is 5.91 Å². The Labute approximate surface area is 165 Å². The van der Waals surface area contributed by atoms with Gasteiger partial charge in [0.15, 0.2) is 0 Å². The quantitative estimate of drug-likeness (QED) is 0.727. The largest absolute Gasteiger partial charge is 0.497 e. The first-order valence-corrected chi connectivity index (χ1v) is 9.52. The monoisotopic (exact) mass is 372 g/mol. The molecule has 1 unspecified atom stereocenters. The van der Waals surface area contributed by atoms with Crippen molar-refractivity contribution >= 4 is 11.6 Å². The van der Waals surface area contributed by atoms with Gasteiger partial charge < -0.3 is 10.1 Å². The summed E-state index contributed by atoms with van der Waals surface area (Å²) in [4.78, 5) is 14.8. The van der Waals surface area contributed by atoms with Crippen LogP contribution in [0.5, 0.6) is 5.75 Å². The number of hydrogen-bond donors (Lipinski definition) is 1. The Balaban J connectivity index is 1.48. The lowest BCUT2D eigenvalue weighted by atomic mass is 9.84. The van der Waals surface area contributed by atoms with Crippen LogP contribution in [-0.4, -0.2) is 31.0 Å². The number of nitrogens with zero attached hydrogens (tertiary/aromatic N) is 1. The van der Waals surface area contributed by atoms with E-state index in [1.54, 1.807) is 7.11 Å². The van der Waals surface area contributed by atoms with Crippen LogP contribution in [0, 0.1) is 0 Å². The second-order valence-electron chi connectivity index (χ2n) is 7.11. The number of benzene rings is 3. The van der Waals surface area contributed by atoms with E-state index in [1.807, 2.05) is 30.3 Å². The van der Waals surface area contributed by atoms with Crippen molar-refractivity contribution in [2.24, 2.45) is 0 Å². The molecule has 1 aliphatic rings. The number of rotatable bonds is 5. The van der Waals surface area contributed by atoms with Crippen molar-refractivity contribution in [1.29, 1.82) is 0 Å². The average molecular weight is 372 g/mol. The first-order chi connectivity index (χ1) is 13.7. The molecule has 3 aromatic carbocycles. The summed E-state index contributed by atoms with van der Waals surface area (Å²) in [5.74, 6) is 1.05. The SMILES string of the molecule is COc1ccc(NC(=O)CN2Cc3ccccc3C(c3ccccc3)C2)cc1. The highest BCUT2D eigenvalue weighted by Gasteiger charge is 2.27. The molecular formula is C24H24N2O2. The molecule has 0 bridgehead atoms. The number of amides is 1. The lowest BCUT2D eigenvalue weighted by molar-refractivity contribution is -0.117. The molecule has 1 atom stereocenters. The minimum absolute atomic E-state index is 0.00337. The fourth-order valence-corrected chi connectivity index (χ4v) is 3.85. The summed E-state index contributed by atoms with van der Waals surface area (Å²) in [6.45, 7) is 1.98. The second-order valence-corrected chi connectivity index (χ2v) is 7.11. The smallest absolute Gasteiger partial charge is 0.238 e. The highest BCUT2D eigenvalue weighted by Crippen LogP contribution is 2.33. The van der Waals surface area contributed by atoms with E-state index in [0.29, 0.717) is 6.54 Å². The van der Waals surface area contributed by atoms with Crippen LogP contribution in [0.25, 0.3) is 0 Å².